The zero-order chi connectivity index (χ0) is 22.1. The van der Waals surface area contributed by atoms with Crippen LogP contribution in [-0.2, 0) is 19.1 Å². The minimum atomic E-state index is -0.744. The Morgan fingerprint density at radius 3 is 2.23 bits per heavy atom. The second kappa shape index (κ2) is 10.5. The monoisotopic (exact) mass is 413 g/mol. The molecular formula is C20H19N3O7. The van der Waals surface area contributed by atoms with Crippen LogP contribution in [0.15, 0.2) is 48.5 Å². The normalized spacial score (nSPS) is 10.0. The van der Waals surface area contributed by atoms with Gasteiger partial charge >= 0.3 is 5.97 Å². The summed E-state index contributed by atoms with van der Waals surface area (Å²) in [5.74, 6) is -1.93. The molecule has 0 radical (unpaired) electrons. The number of hydrogen-bond acceptors (Lipinski definition) is 7. The highest BCUT2D eigenvalue weighted by Gasteiger charge is 2.12. The van der Waals surface area contributed by atoms with E-state index in [4.69, 9.17) is 4.74 Å². The van der Waals surface area contributed by atoms with Gasteiger partial charge in [-0.3, -0.25) is 29.3 Å². The Morgan fingerprint density at radius 2 is 1.60 bits per heavy atom. The van der Waals surface area contributed by atoms with Crippen LogP contribution in [0.5, 0.6) is 0 Å². The summed E-state index contributed by atoms with van der Waals surface area (Å²) in [4.78, 5) is 56.7. The fourth-order valence-corrected chi connectivity index (χ4v) is 2.34. The van der Waals surface area contributed by atoms with E-state index in [0.29, 0.717) is 11.3 Å². The lowest BCUT2D eigenvalue weighted by atomic mass is 10.1. The third kappa shape index (κ3) is 7.15. The van der Waals surface area contributed by atoms with Crippen LogP contribution in [-0.4, -0.2) is 35.1 Å². The van der Waals surface area contributed by atoms with Gasteiger partial charge in [0.15, 0.2) is 12.4 Å². The number of Topliss-reactive ketones (excluding diaryl/α,β-unsaturated/α-hetero) is 1. The second-order valence-corrected chi connectivity index (χ2v) is 6.20. The first-order valence-corrected chi connectivity index (χ1v) is 8.85. The van der Waals surface area contributed by atoms with E-state index in [1.165, 1.54) is 31.2 Å². The number of amides is 2. The molecule has 0 saturated carbocycles. The summed E-state index contributed by atoms with van der Waals surface area (Å²) < 4.78 is 4.79. The van der Waals surface area contributed by atoms with Crippen LogP contribution in [0.4, 0.5) is 17.1 Å². The molecule has 0 aromatic heterocycles. The van der Waals surface area contributed by atoms with E-state index in [-0.39, 0.29) is 30.0 Å². The molecule has 2 aromatic rings. The minimum Gasteiger partial charge on any atom is -0.456 e. The van der Waals surface area contributed by atoms with E-state index in [0.717, 1.165) is 0 Å². The van der Waals surface area contributed by atoms with Crippen molar-refractivity contribution < 1.29 is 28.8 Å². The summed E-state index contributed by atoms with van der Waals surface area (Å²) in [6, 6.07) is 11.6. The molecule has 0 spiro atoms. The number of carbonyl (C=O) groups excluding carboxylic acids is 4. The molecule has 0 aliphatic carbocycles. The maximum Gasteiger partial charge on any atom is 0.306 e. The van der Waals surface area contributed by atoms with Gasteiger partial charge in [-0.15, -0.1) is 0 Å². The Morgan fingerprint density at radius 1 is 0.933 bits per heavy atom. The number of ether oxygens (including phenoxy) is 1. The van der Waals surface area contributed by atoms with Crippen molar-refractivity contribution in [2.24, 2.45) is 0 Å². The van der Waals surface area contributed by atoms with E-state index in [1.54, 1.807) is 24.3 Å². The zero-order valence-electron chi connectivity index (χ0n) is 16.0. The molecule has 2 aromatic carbocycles. The van der Waals surface area contributed by atoms with Gasteiger partial charge < -0.3 is 15.4 Å². The molecule has 10 nitrogen and oxygen atoms in total. The van der Waals surface area contributed by atoms with Crippen LogP contribution in [0.2, 0.25) is 0 Å². The largest absolute Gasteiger partial charge is 0.456 e. The predicted molar refractivity (Wildman–Crippen MR) is 107 cm³/mol. The van der Waals surface area contributed by atoms with Crippen LogP contribution in [0.1, 0.15) is 30.1 Å². The number of benzene rings is 2. The minimum absolute atomic E-state index is 0.0925. The van der Waals surface area contributed by atoms with Gasteiger partial charge in [0.25, 0.3) is 11.6 Å². The van der Waals surface area contributed by atoms with Crippen molar-refractivity contribution in [3.8, 4) is 0 Å². The molecule has 0 atom stereocenters. The Kier molecular flexibility index (Phi) is 7.74. The fraction of sp³-hybridized carbons (Fsp3) is 0.200. The summed E-state index contributed by atoms with van der Waals surface area (Å²) in [7, 11) is 0. The molecule has 10 heteroatoms. The molecule has 0 saturated heterocycles. The van der Waals surface area contributed by atoms with Crippen molar-refractivity contribution in [2.75, 3.05) is 17.2 Å². The summed E-state index contributed by atoms with van der Waals surface area (Å²) >= 11 is 0. The standard InChI is InChI=1S/C20H19N3O7/c1-13(24)14-5-7-15(8-6-14)21-18(25)9-10-20(27)30-12-19(26)22-16-3-2-4-17(11-16)23(28)29/h2-8,11H,9-10,12H2,1H3,(H,21,25)(H,22,26). The van der Waals surface area contributed by atoms with Crippen LogP contribution >= 0.6 is 0 Å². The van der Waals surface area contributed by atoms with Gasteiger partial charge in [-0.2, -0.15) is 0 Å². The number of nitro groups is 1. The molecule has 0 aliphatic heterocycles. The third-order valence-corrected chi connectivity index (χ3v) is 3.84. The number of ketones is 1. The molecule has 0 heterocycles. The Bertz CT molecular complexity index is 971. The maximum atomic E-state index is 11.9. The highest BCUT2D eigenvalue weighted by Crippen LogP contribution is 2.17. The summed E-state index contributed by atoms with van der Waals surface area (Å²) in [6.07, 6.45) is -0.388. The lowest BCUT2D eigenvalue weighted by Gasteiger charge is -2.07. The van der Waals surface area contributed by atoms with Crippen LogP contribution in [0.25, 0.3) is 0 Å². The molecule has 30 heavy (non-hydrogen) atoms. The first kappa shape index (κ1) is 22.2. The summed E-state index contributed by atoms with van der Waals surface area (Å²) in [5, 5.41) is 15.7. The predicted octanol–water partition coefficient (Wildman–Crippen LogP) is 2.70. The van der Waals surface area contributed by atoms with Gasteiger partial charge in [-0.25, -0.2) is 0 Å². The van der Waals surface area contributed by atoms with Crippen molar-refractivity contribution in [1.82, 2.24) is 0 Å². The van der Waals surface area contributed by atoms with Crippen molar-refractivity contribution in [3.05, 3.63) is 64.2 Å². The average molecular weight is 413 g/mol. The van der Waals surface area contributed by atoms with Crippen LogP contribution in [0, 0.1) is 10.1 Å². The van der Waals surface area contributed by atoms with E-state index < -0.39 is 29.3 Å². The number of carbonyl (C=O) groups is 4. The molecule has 2 rings (SSSR count). The Balaban J connectivity index is 1.71. The van der Waals surface area contributed by atoms with Crippen LogP contribution < -0.4 is 10.6 Å². The van der Waals surface area contributed by atoms with E-state index >= 15 is 0 Å². The molecule has 156 valence electrons. The molecule has 0 fully saturated rings. The highest BCUT2D eigenvalue weighted by molar-refractivity contribution is 5.96. The highest BCUT2D eigenvalue weighted by atomic mass is 16.6. The first-order valence-electron chi connectivity index (χ1n) is 8.85. The third-order valence-electron chi connectivity index (χ3n) is 3.84. The SMILES string of the molecule is CC(=O)c1ccc(NC(=O)CCC(=O)OCC(=O)Nc2cccc([N+](=O)[O-])c2)cc1. The topological polar surface area (TPSA) is 145 Å². The van der Waals surface area contributed by atoms with E-state index in [2.05, 4.69) is 10.6 Å². The van der Waals surface area contributed by atoms with Gasteiger partial charge in [-0.05, 0) is 37.3 Å². The van der Waals surface area contributed by atoms with Crippen molar-refractivity contribution in [1.29, 1.82) is 0 Å². The van der Waals surface area contributed by atoms with Crippen LogP contribution in [0.3, 0.4) is 0 Å². The molecule has 0 bridgehead atoms. The van der Waals surface area contributed by atoms with E-state index in [1.807, 2.05) is 0 Å². The molecule has 0 unspecified atom stereocenters. The smallest absolute Gasteiger partial charge is 0.306 e. The number of nitrogens with zero attached hydrogens (tertiary/aromatic N) is 1. The number of hydrogen-bond donors (Lipinski definition) is 2. The lowest BCUT2D eigenvalue weighted by molar-refractivity contribution is -0.384. The van der Waals surface area contributed by atoms with Gasteiger partial charge in [0, 0.05) is 35.5 Å². The van der Waals surface area contributed by atoms with Gasteiger partial charge in [0.05, 0.1) is 11.3 Å². The molecule has 2 N–H and O–H groups in total. The fourth-order valence-electron chi connectivity index (χ4n) is 2.34. The lowest BCUT2D eigenvalue weighted by Crippen LogP contribution is -2.21. The molecule has 0 aliphatic rings. The van der Waals surface area contributed by atoms with Crippen molar-refractivity contribution in [3.63, 3.8) is 0 Å². The number of anilines is 2. The Labute approximate surface area is 171 Å². The zero-order valence-corrected chi connectivity index (χ0v) is 16.0. The summed E-state index contributed by atoms with van der Waals surface area (Å²) in [6.45, 7) is 0.846. The second-order valence-electron chi connectivity index (χ2n) is 6.20. The van der Waals surface area contributed by atoms with Gasteiger partial charge in [0.2, 0.25) is 5.91 Å². The van der Waals surface area contributed by atoms with E-state index in [9.17, 15) is 29.3 Å². The number of esters is 1. The number of nitrogens with one attached hydrogen (secondary N) is 2. The quantitative estimate of drug-likeness (QED) is 0.278. The van der Waals surface area contributed by atoms with Gasteiger partial charge in [-0.1, -0.05) is 6.07 Å². The van der Waals surface area contributed by atoms with Crippen molar-refractivity contribution >= 4 is 40.6 Å². The Hall–Kier alpha value is -4.08. The maximum absolute atomic E-state index is 11.9. The molecular weight excluding hydrogens is 394 g/mol. The first-order chi connectivity index (χ1) is 14.2. The number of nitro benzene ring substituents is 1. The van der Waals surface area contributed by atoms with Crippen molar-refractivity contribution in [2.45, 2.75) is 19.8 Å². The molecule has 2 amide bonds. The average Bonchev–Trinajstić information content (AvgIpc) is 2.71. The number of non-ortho nitro benzene ring substituents is 1. The summed E-state index contributed by atoms with van der Waals surface area (Å²) in [5.41, 5.74) is 1.00. The van der Waals surface area contributed by atoms with Gasteiger partial charge in [0.1, 0.15) is 0 Å². The number of rotatable bonds is 9.